The highest BCUT2D eigenvalue weighted by atomic mass is 32.1. The summed E-state index contributed by atoms with van der Waals surface area (Å²) in [6.45, 7) is 8.07. The number of anilines is 1. The molecule has 0 aliphatic rings. The summed E-state index contributed by atoms with van der Waals surface area (Å²) in [5.41, 5.74) is 4.62. The van der Waals surface area contributed by atoms with Crippen LogP contribution in [0.2, 0.25) is 0 Å². The Morgan fingerprint density at radius 3 is 2.68 bits per heavy atom. The molecule has 0 spiro atoms. The number of allylic oxidation sites excluding steroid dienone is 1. The number of hydrogen-bond donors (Lipinski definition) is 3. The van der Waals surface area contributed by atoms with Crippen LogP contribution in [0.3, 0.4) is 0 Å². The van der Waals surface area contributed by atoms with Crippen LogP contribution < -0.4 is 5.32 Å². The monoisotopic (exact) mass is 514 g/mol. The van der Waals surface area contributed by atoms with Crippen LogP contribution in [-0.2, 0) is 0 Å². The van der Waals surface area contributed by atoms with Gasteiger partial charge in [0, 0.05) is 23.7 Å². The second-order valence-corrected chi connectivity index (χ2v) is 9.83. The van der Waals surface area contributed by atoms with Gasteiger partial charge in [-0.15, -0.1) is 11.3 Å². The molecule has 6 aromatic heterocycles. The normalized spacial score (nSPS) is 11.6. The van der Waals surface area contributed by atoms with Gasteiger partial charge in [0.1, 0.15) is 22.6 Å². The second-order valence-electron chi connectivity index (χ2n) is 8.79. The van der Waals surface area contributed by atoms with Crippen LogP contribution in [0.4, 0.5) is 14.5 Å². The summed E-state index contributed by atoms with van der Waals surface area (Å²) < 4.78 is 29.6. The number of rotatable bonds is 6. The zero-order valence-corrected chi connectivity index (χ0v) is 20.6. The lowest BCUT2D eigenvalue weighted by atomic mass is 10.1. The summed E-state index contributed by atoms with van der Waals surface area (Å²) in [4.78, 5) is 21.5. The predicted molar refractivity (Wildman–Crippen MR) is 141 cm³/mol. The molecule has 6 aromatic rings. The standard InChI is InChI=1S/C26H20F2N8S/c1-12(2)13(3)32-15-8-14(9-29-10-15)22-21(28)20-17(11-31-22)35-36-25(20)26-33-16-6-7-30-24(23(16)34-26)18-4-5-19(27)37-18/h4-12,32H,3H2,1-2H3,(H,33,34)(H,35,36). The summed E-state index contributed by atoms with van der Waals surface area (Å²) >= 11 is 0.984. The molecule has 0 fully saturated rings. The van der Waals surface area contributed by atoms with Gasteiger partial charge < -0.3 is 10.3 Å². The summed E-state index contributed by atoms with van der Waals surface area (Å²) in [6, 6.07) is 6.58. The quantitative estimate of drug-likeness (QED) is 0.233. The highest BCUT2D eigenvalue weighted by Gasteiger charge is 2.22. The number of aromatic nitrogens is 7. The Labute approximate surface area is 213 Å². The van der Waals surface area contributed by atoms with Crippen molar-refractivity contribution in [1.82, 2.24) is 35.1 Å². The number of H-pyrrole nitrogens is 2. The molecule has 6 rings (SSSR count). The number of fused-ring (bicyclic) bond motifs is 2. The molecule has 0 radical (unpaired) electrons. The largest absolute Gasteiger partial charge is 0.358 e. The van der Waals surface area contributed by atoms with Crippen molar-refractivity contribution < 1.29 is 8.78 Å². The van der Waals surface area contributed by atoms with E-state index in [-0.39, 0.29) is 22.1 Å². The minimum absolute atomic E-state index is 0.133. The fourth-order valence-corrected chi connectivity index (χ4v) is 4.71. The molecule has 37 heavy (non-hydrogen) atoms. The third-order valence-corrected chi connectivity index (χ3v) is 6.87. The van der Waals surface area contributed by atoms with E-state index in [4.69, 9.17) is 0 Å². The molecule has 0 aliphatic heterocycles. The first-order chi connectivity index (χ1) is 17.9. The van der Waals surface area contributed by atoms with E-state index in [9.17, 15) is 4.39 Å². The van der Waals surface area contributed by atoms with Gasteiger partial charge in [-0.05, 0) is 30.2 Å². The zero-order chi connectivity index (χ0) is 25.7. The van der Waals surface area contributed by atoms with Crippen molar-refractivity contribution in [3.05, 3.63) is 72.3 Å². The number of hydrogen-bond acceptors (Lipinski definition) is 7. The smallest absolute Gasteiger partial charge is 0.177 e. The molecule has 0 unspecified atom stereocenters. The Morgan fingerprint density at radius 2 is 1.89 bits per heavy atom. The Kier molecular flexibility index (Phi) is 5.49. The molecule has 0 bridgehead atoms. The Hall–Kier alpha value is -4.51. The van der Waals surface area contributed by atoms with Crippen LogP contribution >= 0.6 is 11.3 Å². The van der Waals surface area contributed by atoms with Gasteiger partial charge in [0.25, 0.3) is 0 Å². The average Bonchev–Trinajstić information content (AvgIpc) is 3.62. The molecule has 11 heteroatoms. The maximum absolute atomic E-state index is 16.0. The topological polar surface area (TPSA) is 108 Å². The molecule has 0 aliphatic carbocycles. The molecule has 3 N–H and O–H groups in total. The van der Waals surface area contributed by atoms with Gasteiger partial charge in [-0.2, -0.15) is 9.49 Å². The molecule has 6 heterocycles. The Bertz CT molecular complexity index is 1800. The first kappa shape index (κ1) is 22.9. The fourth-order valence-electron chi connectivity index (χ4n) is 3.98. The summed E-state index contributed by atoms with van der Waals surface area (Å²) in [6.07, 6.45) is 6.35. The first-order valence-electron chi connectivity index (χ1n) is 11.4. The molecular weight excluding hydrogens is 494 g/mol. The van der Waals surface area contributed by atoms with Gasteiger partial charge in [0.15, 0.2) is 16.8 Å². The number of pyridine rings is 3. The molecule has 0 atom stereocenters. The lowest BCUT2D eigenvalue weighted by Gasteiger charge is -2.13. The minimum atomic E-state index is -0.554. The fraction of sp³-hybridized carbons (Fsp3) is 0.115. The molecule has 0 aromatic carbocycles. The van der Waals surface area contributed by atoms with Gasteiger partial charge in [0.2, 0.25) is 0 Å². The molecule has 184 valence electrons. The number of nitrogens with one attached hydrogen (secondary N) is 3. The zero-order valence-electron chi connectivity index (χ0n) is 19.8. The highest BCUT2D eigenvalue weighted by molar-refractivity contribution is 7.13. The summed E-state index contributed by atoms with van der Waals surface area (Å²) in [5.74, 6) is 0.0223. The number of nitrogens with zero attached hydrogens (tertiary/aromatic N) is 5. The van der Waals surface area contributed by atoms with E-state index in [1.807, 2.05) is 13.8 Å². The van der Waals surface area contributed by atoms with E-state index in [2.05, 4.69) is 47.0 Å². The third-order valence-electron chi connectivity index (χ3n) is 5.99. The lowest BCUT2D eigenvalue weighted by Crippen LogP contribution is -2.05. The van der Waals surface area contributed by atoms with E-state index in [0.29, 0.717) is 49.9 Å². The van der Waals surface area contributed by atoms with Crippen LogP contribution in [-0.4, -0.2) is 35.1 Å². The second kappa shape index (κ2) is 8.86. The van der Waals surface area contributed by atoms with E-state index in [1.54, 1.807) is 36.8 Å². The molecule has 0 saturated heterocycles. The van der Waals surface area contributed by atoms with Crippen LogP contribution in [0, 0.1) is 16.9 Å². The van der Waals surface area contributed by atoms with Gasteiger partial charge in [0.05, 0.1) is 39.4 Å². The Morgan fingerprint density at radius 1 is 1.03 bits per heavy atom. The predicted octanol–water partition coefficient (Wildman–Crippen LogP) is 6.55. The van der Waals surface area contributed by atoms with Crippen molar-refractivity contribution in [2.45, 2.75) is 13.8 Å². The van der Waals surface area contributed by atoms with E-state index in [1.165, 1.54) is 12.3 Å². The molecular formula is C26H20F2N8S. The average molecular weight is 515 g/mol. The van der Waals surface area contributed by atoms with Crippen molar-refractivity contribution in [3.8, 4) is 33.3 Å². The Balaban J connectivity index is 1.45. The van der Waals surface area contributed by atoms with Gasteiger partial charge in [-0.3, -0.25) is 20.1 Å². The minimum Gasteiger partial charge on any atom is -0.358 e. The van der Waals surface area contributed by atoms with Gasteiger partial charge in [-0.25, -0.2) is 9.37 Å². The number of halogens is 2. The van der Waals surface area contributed by atoms with Gasteiger partial charge >= 0.3 is 0 Å². The van der Waals surface area contributed by atoms with E-state index >= 15 is 4.39 Å². The maximum atomic E-state index is 16.0. The van der Waals surface area contributed by atoms with Crippen molar-refractivity contribution >= 4 is 39.0 Å². The van der Waals surface area contributed by atoms with Crippen LogP contribution in [0.1, 0.15) is 13.8 Å². The van der Waals surface area contributed by atoms with Crippen LogP contribution in [0.5, 0.6) is 0 Å². The first-order valence-corrected chi connectivity index (χ1v) is 12.3. The number of imidazole rings is 1. The molecule has 8 nitrogen and oxygen atoms in total. The van der Waals surface area contributed by atoms with Crippen LogP contribution in [0.25, 0.3) is 55.3 Å². The maximum Gasteiger partial charge on any atom is 0.177 e. The van der Waals surface area contributed by atoms with Crippen molar-refractivity contribution in [2.75, 3.05) is 5.32 Å². The number of aromatic amines is 2. The van der Waals surface area contributed by atoms with Crippen molar-refractivity contribution in [1.29, 1.82) is 0 Å². The summed E-state index contributed by atoms with van der Waals surface area (Å²) in [5, 5.41) is 10.3. The van der Waals surface area contributed by atoms with Crippen LogP contribution in [0.15, 0.2) is 61.3 Å². The van der Waals surface area contributed by atoms with E-state index < -0.39 is 5.82 Å². The molecule has 0 saturated carbocycles. The summed E-state index contributed by atoms with van der Waals surface area (Å²) in [7, 11) is 0. The molecule has 0 amide bonds. The number of thiophene rings is 1. The van der Waals surface area contributed by atoms with Gasteiger partial charge in [-0.1, -0.05) is 20.4 Å². The van der Waals surface area contributed by atoms with Crippen molar-refractivity contribution in [2.24, 2.45) is 5.92 Å². The van der Waals surface area contributed by atoms with E-state index in [0.717, 1.165) is 17.0 Å². The SMILES string of the molecule is C=C(Nc1cncc(-c2ncc3[nH]nc(-c4nc5c(-c6ccc(F)s6)nccc5[nH]4)c3c2F)c1)C(C)C. The lowest BCUT2D eigenvalue weighted by molar-refractivity contribution is 0.638. The third kappa shape index (κ3) is 4.02. The van der Waals surface area contributed by atoms with Crippen molar-refractivity contribution in [3.63, 3.8) is 0 Å². The highest BCUT2D eigenvalue weighted by Crippen LogP contribution is 2.35.